The van der Waals surface area contributed by atoms with Crippen LogP contribution in [0.3, 0.4) is 0 Å². The quantitative estimate of drug-likeness (QED) is 0.401. The molecule has 0 saturated heterocycles. The molecule has 0 aliphatic carbocycles. The first kappa shape index (κ1) is 10.0. The Bertz CT molecular complexity index is 546. The van der Waals surface area contributed by atoms with Crippen LogP contribution >= 0.6 is 0 Å². The highest BCUT2D eigenvalue weighted by atomic mass is 16.2. The van der Waals surface area contributed by atoms with Crippen molar-refractivity contribution in [1.29, 1.82) is 0 Å². The average molecular weight is 226 g/mol. The predicted octanol–water partition coefficient (Wildman–Crippen LogP) is -3.33. The van der Waals surface area contributed by atoms with Crippen molar-refractivity contribution in [2.75, 3.05) is 11.7 Å². The fourth-order valence-electron chi connectivity index (χ4n) is 1.25. The highest BCUT2D eigenvalue weighted by Gasteiger charge is 2.09. The second-order valence-corrected chi connectivity index (χ2v) is 3.13. The monoisotopic (exact) mass is 226 g/mol. The molecule has 0 fully saturated rings. The molecule has 2 aromatic rings. The minimum atomic E-state index is -0.498. The molecule has 2 heterocycles. The maximum Gasteiger partial charge on any atom is 0.361 e. The highest BCUT2D eigenvalue weighted by Crippen LogP contribution is 1.95. The summed E-state index contributed by atoms with van der Waals surface area (Å²) in [5.41, 5.74) is -0.996. The number of rotatable bonds is 3. The summed E-state index contributed by atoms with van der Waals surface area (Å²) >= 11 is 0. The Morgan fingerprint density at radius 2 is 1.31 bits per heavy atom. The summed E-state index contributed by atoms with van der Waals surface area (Å²) in [5, 5.41) is 11.8. The summed E-state index contributed by atoms with van der Waals surface area (Å²) in [6.07, 6.45) is 0.688. The minimum Gasteiger partial charge on any atom is -0.333 e. The van der Waals surface area contributed by atoms with E-state index in [2.05, 4.69) is 20.4 Å². The molecule has 0 amide bonds. The van der Waals surface area contributed by atoms with Crippen LogP contribution in [0.4, 0.5) is 0 Å². The lowest BCUT2D eigenvalue weighted by Crippen LogP contribution is -2.28. The third kappa shape index (κ3) is 1.55. The highest BCUT2D eigenvalue weighted by molar-refractivity contribution is 4.93. The fraction of sp³-hybridized carbons (Fsp3) is 0.333. The van der Waals surface area contributed by atoms with E-state index in [0.29, 0.717) is 24.5 Å². The summed E-state index contributed by atoms with van der Waals surface area (Å²) in [6.45, 7) is 0. The molecule has 10 nitrogen and oxygen atoms in total. The summed E-state index contributed by atoms with van der Waals surface area (Å²) in [6, 6.07) is 0. The van der Waals surface area contributed by atoms with Crippen molar-refractivity contribution in [1.82, 2.24) is 29.7 Å². The Kier molecular flexibility index (Phi) is 2.23. The van der Waals surface area contributed by atoms with E-state index < -0.39 is 11.4 Å². The molecule has 2 rings (SSSR count). The van der Waals surface area contributed by atoms with Crippen LogP contribution in [0.25, 0.3) is 0 Å². The van der Waals surface area contributed by atoms with Gasteiger partial charge in [-0.1, -0.05) is 0 Å². The maximum absolute atomic E-state index is 10.9. The topological polar surface area (TPSA) is 153 Å². The van der Waals surface area contributed by atoms with Crippen LogP contribution in [0.15, 0.2) is 9.59 Å². The minimum absolute atomic E-state index is 0.344. The molecule has 2 aromatic heterocycles. The molecule has 86 valence electrons. The molecule has 0 aliphatic rings. The van der Waals surface area contributed by atoms with Crippen LogP contribution in [-0.2, 0) is 12.8 Å². The number of aromatic nitrogens is 6. The van der Waals surface area contributed by atoms with Gasteiger partial charge >= 0.3 is 11.4 Å². The van der Waals surface area contributed by atoms with E-state index in [0.717, 1.165) is 9.35 Å². The van der Waals surface area contributed by atoms with Crippen molar-refractivity contribution < 1.29 is 0 Å². The fourth-order valence-corrected chi connectivity index (χ4v) is 1.25. The van der Waals surface area contributed by atoms with Gasteiger partial charge in [-0.2, -0.15) is 19.5 Å². The second-order valence-electron chi connectivity index (χ2n) is 3.13. The number of nitrogens with two attached hydrogens (primary N) is 2. The first-order valence-electron chi connectivity index (χ1n) is 4.42. The van der Waals surface area contributed by atoms with E-state index in [1.165, 1.54) is 0 Å². The number of hydrogen-bond acceptors (Lipinski definition) is 6. The lowest BCUT2D eigenvalue weighted by atomic mass is 10.3. The van der Waals surface area contributed by atoms with E-state index in [1.54, 1.807) is 0 Å². The molecule has 16 heavy (non-hydrogen) atoms. The van der Waals surface area contributed by atoms with E-state index in [9.17, 15) is 9.59 Å². The summed E-state index contributed by atoms with van der Waals surface area (Å²) in [7, 11) is 0. The van der Waals surface area contributed by atoms with Crippen molar-refractivity contribution >= 4 is 0 Å². The van der Waals surface area contributed by atoms with Gasteiger partial charge < -0.3 is 11.7 Å². The lowest BCUT2D eigenvalue weighted by Gasteiger charge is -1.98. The van der Waals surface area contributed by atoms with Crippen LogP contribution in [0.5, 0.6) is 0 Å². The Morgan fingerprint density at radius 1 is 0.938 bits per heavy atom. The Morgan fingerprint density at radius 3 is 1.56 bits per heavy atom. The van der Waals surface area contributed by atoms with E-state index in [-0.39, 0.29) is 0 Å². The molecule has 0 saturated carbocycles. The van der Waals surface area contributed by atoms with E-state index in [4.69, 9.17) is 11.7 Å². The van der Waals surface area contributed by atoms with Crippen LogP contribution in [0.1, 0.15) is 11.6 Å². The van der Waals surface area contributed by atoms with Gasteiger partial charge in [0.05, 0.1) is 0 Å². The Hall–Kier alpha value is -2.52. The third-order valence-corrected chi connectivity index (χ3v) is 2.13. The average Bonchev–Trinajstić information content (AvgIpc) is 2.74. The molecule has 0 bridgehead atoms. The largest absolute Gasteiger partial charge is 0.361 e. The van der Waals surface area contributed by atoms with Gasteiger partial charge in [-0.15, -0.1) is 0 Å². The first-order valence-corrected chi connectivity index (χ1v) is 4.42. The van der Waals surface area contributed by atoms with Gasteiger partial charge in [0.2, 0.25) is 0 Å². The van der Waals surface area contributed by atoms with E-state index in [1.807, 2.05) is 0 Å². The zero-order valence-corrected chi connectivity index (χ0v) is 8.17. The number of aromatic amines is 2. The molecule has 0 aromatic carbocycles. The van der Waals surface area contributed by atoms with Gasteiger partial charge in [0.1, 0.15) is 0 Å². The van der Waals surface area contributed by atoms with Gasteiger partial charge in [-0.25, -0.2) is 19.8 Å². The predicted molar refractivity (Wildman–Crippen MR) is 53.4 cm³/mol. The molecule has 6 N–H and O–H groups in total. The Balaban J connectivity index is 2.14. The van der Waals surface area contributed by atoms with Gasteiger partial charge in [-0.05, 0) is 0 Å². The van der Waals surface area contributed by atoms with Gasteiger partial charge in [0.25, 0.3) is 0 Å². The number of aryl methyl sites for hydroxylation is 2. The second kappa shape index (κ2) is 3.56. The SMILES string of the molecule is Nn1c(CCc2n[nH]c(=O)n2N)n[nH]c1=O. The molecule has 0 aliphatic heterocycles. The summed E-state index contributed by atoms with van der Waals surface area (Å²) in [5.74, 6) is 11.5. The van der Waals surface area contributed by atoms with Crippen LogP contribution in [-0.4, -0.2) is 29.7 Å². The number of nitrogens with zero attached hydrogens (tertiary/aromatic N) is 4. The Labute approximate surface area is 87.8 Å². The zero-order valence-electron chi connectivity index (χ0n) is 8.17. The number of nitrogens with one attached hydrogen (secondary N) is 2. The zero-order chi connectivity index (χ0) is 11.7. The summed E-state index contributed by atoms with van der Waals surface area (Å²) < 4.78 is 1.79. The first-order chi connectivity index (χ1) is 7.59. The van der Waals surface area contributed by atoms with Crippen LogP contribution in [0, 0.1) is 0 Å². The lowest BCUT2D eigenvalue weighted by molar-refractivity contribution is 0.737. The normalized spacial score (nSPS) is 10.8. The molecular weight excluding hydrogens is 216 g/mol. The molecule has 10 heteroatoms. The van der Waals surface area contributed by atoms with Crippen molar-refractivity contribution in [2.24, 2.45) is 0 Å². The van der Waals surface area contributed by atoms with Gasteiger partial charge in [-0.3, -0.25) is 0 Å². The number of H-pyrrole nitrogens is 2. The van der Waals surface area contributed by atoms with E-state index >= 15 is 0 Å². The van der Waals surface area contributed by atoms with Crippen molar-refractivity contribution in [3.05, 3.63) is 32.6 Å². The molecular formula is C6H10N8O2. The summed E-state index contributed by atoms with van der Waals surface area (Å²) in [4.78, 5) is 21.9. The smallest absolute Gasteiger partial charge is 0.333 e. The van der Waals surface area contributed by atoms with Crippen molar-refractivity contribution in [3.63, 3.8) is 0 Å². The standard InChI is InChI=1S/C6H10N8O2/c7-13-3(9-11-5(13)15)1-2-4-10-12-6(16)14(4)8/h1-2,7-8H2,(H,11,15)(H,12,16). The number of hydrogen-bond donors (Lipinski definition) is 4. The van der Waals surface area contributed by atoms with Gasteiger partial charge in [0, 0.05) is 12.8 Å². The van der Waals surface area contributed by atoms with Crippen molar-refractivity contribution in [2.45, 2.75) is 12.8 Å². The van der Waals surface area contributed by atoms with Gasteiger partial charge in [0.15, 0.2) is 11.6 Å². The molecule has 0 spiro atoms. The number of nitrogen functional groups attached to an aromatic ring is 2. The molecule has 0 atom stereocenters. The maximum atomic E-state index is 10.9. The molecule has 0 unspecified atom stereocenters. The third-order valence-electron chi connectivity index (χ3n) is 2.13. The van der Waals surface area contributed by atoms with Crippen molar-refractivity contribution in [3.8, 4) is 0 Å². The molecule has 0 radical (unpaired) electrons. The van der Waals surface area contributed by atoms with Crippen LogP contribution < -0.4 is 23.1 Å². The van der Waals surface area contributed by atoms with Crippen LogP contribution in [0.2, 0.25) is 0 Å².